The molecule has 0 aliphatic carbocycles. The lowest BCUT2D eigenvalue weighted by Gasteiger charge is -2.25. The molecule has 3 aromatic rings. The molecule has 0 bridgehead atoms. The first kappa shape index (κ1) is 29.7. The molecule has 2 amide bonds. The normalized spacial score (nSPS) is 13.3. The Morgan fingerprint density at radius 3 is 2.03 bits per heavy atom. The lowest BCUT2D eigenvalue weighted by molar-refractivity contribution is -0.130. The van der Waals surface area contributed by atoms with E-state index in [1.54, 1.807) is 0 Å². The topological polar surface area (TPSA) is 142 Å². The maximum atomic E-state index is 13.7. The third-order valence-corrected chi connectivity index (χ3v) is 6.33. The van der Waals surface area contributed by atoms with Crippen LogP contribution in [0.3, 0.4) is 0 Å². The van der Waals surface area contributed by atoms with Gasteiger partial charge in [-0.05, 0) is 36.3 Å². The summed E-state index contributed by atoms with van der Waals surface area (Å²) < 4.78 is 0. The van der Waals surface area contributed by atoms with Crippen molar-refractivity contribution in [3.63, 3.8) is 0 Å². The highest BCUT2D eigenvalue weighted by Gasteiger charge is 2.32. The van der Waals surface area contributed by atoms with Crippen LogP contribution in [0.25, 0.3) is 0 Å². The van der Waals surface area contributed by atoms with Crippen LogP contribution in [0, 0.1) is 11.8 Å². The zero-order valence-corrected chi connectivity index (χ0v) is 22.2. The molecule has 0 radical (unpaired) electrons. The molecule has 3 atom stereocenters. The molecule has 0 saturated heterocycles. The molecule has 9 nitrogen and oxygen atoms in total. The summed E-state index contributed by atoms with van der Waals surface area (Å²) in [6.07, 6.45) is 4.87. The van der Waals surface area contributed by atoms with Crippen LogP contribution in [0.4, 0.5) is 0 Å². The number of rotatable bonds is 14. The van der Waals surface area contributed by atoms with Gasteiger partial charge in [-0.15, -0.1) is 0 Å². The SMILES string of the molecule is CC(C)C[C@H](NC(=O)[C@@H](CC(=O)[C@H](Cc1ccccc1)NC(=O)c1cnccn1)Cc1ccccc1)B(O)O. The van der Waals surface area contributed by atoms with Gasteiger partial charge in [0.25, 0.3) is 5.91 Å². The number of Topliss-reactive ketones (excluding diaryl/α,β-unsaturated/α-hetero) is 1. The first-order valence-corrected chi connectivity index (χ1v) is 13.1. The Labute approximate surface area is 229 Å². The second-order valence-corrected chi connectivity index (χ2v) is 10.0. The lowest BCUT2D eigenvalue weighted by atomic mass is 9.74. The van der Waals surface area contributed by atoms with Crippen molar-refractivity contribution in [2.45, 2.75) is 51.5 Å². The molecule has 0 aliphatic rings. The quantitative estimate of drug-likeness (QED) is 0.234. The predicted molar refractivity (Wildman–Crippen MR) is 148 cm³/mol. The van der Waals surface area contributed by atoms with E-state index in [4.69, 9.17) is 0 Å². The Balaban J connectivity index is 1.84. The monoisotopic (exact) mass is 530 g/mol. The number of carbonyl (C=O) groups excluding carboxylic acids is 3. The molecule has 4 N–H and O–H groups in total. The van der Waals surface area contributed by atoms with Gasteiger partial charge < -0.3 is 20.7 Å². The molecular weight excluding hydrogens is 495 g/mol. The molecule has 1 heterocycles. The first-order chi connectivity index (χ1) is 18.7. The molecule has 204 valence electrons. The average Bonchev–Trinajstić information content (AvgIpc) is 2.93. The van der Waals surface area contributed by atoms with Crippen molar-refractivity contribution in [2.75, 3.05) is 0 Å². The van der Waals surface area contributed by atoms with Gasteiger partial charge in [0.2, 0.25) is 5.91 Å². The Hall–Kier alpha value is -3.89. The number of hydrogen-bond donors (Lipinski definition) is 4. The minimum absolute atomic E-state index is 0.0791. The van der Waals surface area contributed by atoms with Crippen LogP contribution < -0.4 is 10.6 Å². The van der Waals surface area contributed by atoms with Crippen molar-refractivity contribution < 1.29 is 24.4 Å². The van der Waals surface area contributed by atoms with Gasteiger partial charge in [-0.25, -0.2) is 4.98 Å². The number of amides is 2. The van der Waals surface area contributed by atoms with Gasteiger partial charge in [0.05, 0.1) is 18.2 Å². The summed E-state index contributed by atoms with van der Waals surface area (Å²) in [5.41, 5.74) is 1.79. The van der Waals surface area contributed by atoms with Gasteiger partial charge in [0, 0.05) is 24.7 Å². The maximum absolute atomic E-state index is 13.7. The van der Waals surface area contributed by atoms with Gasteiger partial charge in [-0.3, -0.25) is 19.4 Å². The van der Waals surface area contributed by atoms with E-state index in [1.165, 1.54) is 18.6 Å². The van der Waals surface area contributed by atoms with Crippen molar-refractivity contribution in [2.24, 2.45) is 11.8 Å². The molecule has 0 aliphatic heterocycles. The highest BCUT2D eigenvalue weighted by atomic mass is 16.4. The summed E-state index contributed by atoms with van der Waals surface area (Å²) in [5, 5.41) is 25.2. The van der Waals surface area contributed by atoms with E-state index in [9.17, 15) is 24.4 Å². The summed E-state index contributed by atoms with van der Waals surface area (Å²) in [4.78, 5) is 47.9. The lowest BCUT2D eigenvalue weighted by Crippen LogP contribution is -2.50. The maximum Gasteiger partial charge on any atom is 0.475 e. The molecule has 0 unspecified atom stereocenters. The summed E-state index contributed by atoms with van der Waals surface area (Å²) in [6.45, 7) is 3.83. The van der Waals surface area contributed by atoms with E-state index in [0.29, 0.717) is 6.42 Å². The van der Waals surface area contributed by atoms with Gasteiger partial charge in [0.15, 0.2) is 5.78 Å². The fourth-order valence-electron chi connectivity index (χ4n) is 4.35. The zero-order chi connectivity index (χ0) is 28.2. The van der Waals surface area contributed by atoms with Crippen LogP contribution in [0.1, 0.15) is 48.3 Å². The van der Waals surface area contributed by atoms with E-state index in [2.05, 4.69) is 20.6 Å². The van der Waals surface area contributed by atoms with Crippen molar-refractivity contribution in [1.82, 2.24) is 20.6 Å². The van der Waals surface area contributed by atoms with Gasteiger partial charge in [-0.2, -0.15) is 0 Å². The molecule has 0 saturated carbocycles. The van der Waals surface area contributed by atoms with Crippen molar-refractivity contribution >= 4 is 24.7 Å². The van der Waals surface area contributed by atoms with E-state index in [-0.39, 0.29) is 36.7 Å². The van der Waals surface area contributed by atoms with Crippen LogP contribution in [0.2, 0.25) is 0 Å². The highest BCUT2D eigenvalue weighted by molar-refractivity contribution is 6.43. The van der Waals surface area contributed by atoms with Crippen LogP contribution in [-0.4, -0.2) is 56.7 Å². The fourth-order valence-corrected chi connectivity index (χ4v) is 4.35. The predicted octanol–water partition coefficient (Wildman–Crippen LogP) is 2.18. The third-order valence-electron chi connectivity index (χ3n) is 6.33. The fraction of sp³-hybridized carbons (Fsp3) is 0.345. The van der Waals surface area contributed by atoms with Gasteiger partial charge >= 0.3 is 7.12 Å². The second kappa shape index (κ2) is 14.9. The smallest absolute Gasteiger partial charge is 0.426 e. The number of ketones is 1. The Bertz CT molecular complexity index is 1200. The number of nitrogens with one attached hydrogen (secondary N) is 2. The third kappa shape index (κ3) is 9.74. The zero-order valence-electron chi connectivity index (χ0n) is 22.2. The van der Waals surface area contributed by atoms with Crippen LogP contribution in [0.5, 0.6) is 0 Å². The molecule has 3 rings (SSSR count). The standard InChI is InChI=1S/C29H35BN4O5/c1-20(2)15-27(30(38)39)34-28(36)23(16-21-9-5-3-6-10-21)18-26(35)24(17-22-11-7-4-8-12-22)33-29(37)25-19-31-13-14-32-25/h3-14,19-20,23-24,27,38-39H,15-18H2,1-2H3,(H,33,37)(H,34,36)/t23-,24+,27+/m1/s1. The summed E-state index contributed by atoms with van der Waals surface area (Å²) in [5.74, 6) is -2.87. The Morgan fingerprint density at radius 2 is 1.49 bits per heavy atom. The van der Waals surface area contributed by atoms with Crippen molar-refractivity contribution in [3.05, 3.63) is 96.1 Å². The van der Waals surface area contributed by atoms with E-state index < -0.39 is 36.8 Å². The summed E-state index contributed by atoms with van der Waals surface area (Å²) in [6, 6.07) is 17.7. The molecule has 39 heavy (non-hydrogen) atoms. The van der Waals surface area contributed by atoms with Crippen molar-refractivity contribution in [3.8, 4) is 0 Å². The van der Waals surface area contributed by atoms with Gasteiger partial charge in [0.1, 0.15) is 5.69 Å². The van der Waals surface area contributed by atoms with E-state index in [1.807, 2.05) is 74.5 Å². The number of nitrogens with zero attached hydrogens (tertiary/aromatic N) is 2. The molecule has 0 spiro atoms. The molecule has 10 heteroatoms. The Morgan fingerprint density at radius 1 is 0.872 bits per heavy atom. The molecule has 1 aromatic heterocycles. The molecule has 2 aromatic carbocycles. The van der Waals surface area contributed by atoms with E-state index >= 15 is 0 Å². The summed E-state index contributed by atoms with van der Waals surface area (Å²) in [7, 11) is -1.73. The number of aromatic nitrogens is 2. The highest BCUT2D eigenvalue weighted by Crippen LogP contribution is 2.18. The van der Waals surface area contributed by atoms with Crippen LogP contribution >= 0.6 is 0 Å². The molecular formula is C29H35BN4O5. The number of hydrogen-bond acceptors (Lipinski definition) is 7. The van der Waals surface area contributed by atoms with E-state index in [0.717, 1.165) is 11.1 Å². The van der Waals surface area contributed by atoms with Crippen molar-refractivity contribution in [1.29, 1.82) is 0 Å². The molecule has 0 fully saturated rings. The van der Waals surface area contributed by atoms with Crippen LogP contribution in [0.15, 0.2) is 79.3 Å². The number of benzene rings is 2. The number of carbonyl (C=O) groups is 3. The minimum Gasteiger partial charge on any atom is -0.426 e. The largest absolute Gasteiger partial charge is 0.475 e. The first-order valence-electron chi connectivity index (χ1n) is 13.1. The second-order valence-electron chi connectivity index (χ2n) is 10.0. The average molecular weight is 530 g/mol. The summed E-state index contributed by atoms with van der Waals surface area (Å²) >= 11 is 0. The van der Waals surface area contributed by atoms with Crippen LogP contribution in [-0.2, 0) is 22.4 Å². The van der Waals surface area contributed by atoms with Gasteiger partial charge in [-0.1, -0.05) is 74.5 Å². The minimum atomic E-state index is -1.73. The Kier molecular flexibility index (Phi) is 11.3.